The molecule has 1 aliphatic rings. The zero-order valence-corrected chi connectivity index (χ0v) is 16.0. The van der Waals surface area contributed by atoms with Crippen LogP contribution in [0.25, 0.3) is 0 Å². The molecule has 0 unspecified atom stereocenters. The molecule has 25 heavy (non-hydrogen) atoms. The summed E-state index contributed by atoms with van der Waals surface area (Å²) in [6.45, 7) is 5.48. The molecule has 0 radical (unpaired) electrons. The minimum atomic E-state index is -0.533. The van der Waals surface area contributed by atoms with Gasteiger partial charge in [0, 0.05) is 25.2 Å². The summed E-state index contributed by atoms with van der Waals surface area (Å²) < 4.78 is 5.30. The lowest BCUT2D eigenvalue weighted by Crippen LogP contribution is -2.44. The van der Waals surface area contributed by atoms with E-state index in [4.69, 9.17) is 16.3 Å². The maximum Gasteiger partial charge on any atom is 0.407 e. The van der Waals surface area contributed by atoms with Gasteiger partial charge >= 0.3 is 6.09 Å². The van der Waals surface area contributed by atoms with Gasteiger partial charge in [-0.15, -0.1) is 0 Å². The van der Waals surface area contributed by atoms with Crippen molar-refractivity contribution in [2.24, 2.45) is 5.92 Å². The number of carbonyl (C=O) groups excluding carboxylic acids is 2. The largest absolute Gasteiger partial charge is 0.444 e. The van der Waals surface area contributed by atoms with Gasteiger partial charge in [0.25, 0.3) is 0 Å². The van der Waals surface area contributed by atoms with Crippen molar-refractivity contribution in [3.05, 3.63) is 23.4 Å². The standard InChI is InChI=1S/C18H26ClN3O3/c1-18(2,3)25-17(24)21-14-7-5-6-12(10-14)16(23)22(4)15-9-8-13(19)11-20-15/h8-9,11-12,14H,5-7,10H2,1-4H3,(H,21,24)/t12-,14-/m1/s1. The molecule has 1 aromatic rings. The van der Waals surface area contributed by atoms with Crippen molar-refractivity contribution in [2.75, 3.05) is 11.9 Å². The predicted molar refractivity (Wildman–Crippen MR) is 97.8 cm³/mol. The van der Waals surface area contributed by atoms with Gasteiger partial charge in [-0.25, -0.2) is 9.78 Å². The van der Waals surface area contributed by atoms with E-state index in [-0.39, 0.29) is 17.9 Å². The number of halogens is 1. The van der Waals surface area contributed by atoms with Crippen LogP contribution in [-0.4, -0.2) is 35.7 Å². The minimum absolute atomic E-state index is 0.00510. The molecule has 1 heterocycles. The van der Waals surface area contributed by atoms with Crippen molar-refractivity contribution in [2.45, 2.75) is 58.1 Å². The van der Waals surface area contributed by atoms with Crippen LogP contribution >= 0.6 is 11.6 Å². The van der Waals surface area contributed by atoms with E-state index >= 15 is 0 Å². The van der Waals surface area contributed by atoms with Crippen LogP contribution in [0.3, 0.4) is 0 Å². The van der Waals surface area contributed by atoms with Gasteiger partial charge in [-0.1, -0.05) is 18.0 Å². The maximum atomic E-state index is 12.8. The topological polar surface area (TPSA) is 71.5 Å². The van der Waals surface area contributed by atoms with E-state index in [1.165, 1.54) is 6.20 Å². The van der Waals surface area contributed by atoms with Crippen LogP contribution in [0.15, 0.2) is 18.3 Å². The number of alkyl carbamates (subject to hydrolysis) is 1. The summed E-state index contributed by atoms with van der Waals surface area (Å²) in [5, 5.41) is 3.41. The fraction of sp³-hybridized carbons (Fsp3) is 0.611. The normalized spacial score (nSPS) is 20.7. The van der Waals surface area contributed by atoms with Crippen molar-refractivity contribution >= 4 is 29.4 Å². The molecule has 2 rings (SSSR count). The number of ether oxygens (including phenoxy) is 1. The molecule has 0 spiro atoms. The number of aromatic nitrogens is 1. The Labute approximate surface area is 153 Å². The second kappa shape index (κ2) is 8.04. The van der Waals surface area contributed by atoms with Crippen molar-refractivity contribution < 1.29 is 14.3 Å². The van der Waals surface area contributed by atoms with Crippen LogP contribution in [0.5, 0.6) is 0 Å². The average Bonchev–Trinajstić information content (AvgIpc) is 2.52. The predicted octanol–water partition coefficient (Wildman–Crippen LogP) is 3.78. The number of hydrogen-bond acceptors (Lipinski definition) is 4. The Morgan fingerprint density at radius 2 is 2.04 bits per heavy atom. The van der Waals surface area contributed by atoms with Crippen LogP contribution in [0, 0.1) is 5.92 Å². The first kappa shape index (κ1) is 19.5. The van der Waals surface area contributed by atoms with E-state index in [0.29, 0.717) is 17.3 Å². The zero-order chi connectivity index (χ0) is 18.6. The Hall–Kier alpha value is -1.82. The van der Waals surface area contributed by atoms with Gasteiger partial charge in [-0.05, 0) is 52.2 Å². The Morgan fingerprint density at radius 3 is 2.64 bits per heavy atom. The third-order valence-corrected chi connectivity index (χ3v) is 4.35. The quantitative estimate of drug-likeness (QED) is 0.882. The lowest BCUT2D eigenvalue weighted by Gasteiger charge is -2.31. The molecule has 0 saturated heterocycles. The van der Waals surface area contributed by atoms with E-state index in [9.17, 15) is 9.59 Å². The minimum Gasteiger partial charge on any atom is -0.444 e. The average molecular weight is 368 g/mol. The van der Waals surface area contributed by atoms with E-state index in [1.54, 1.807) is 24.1 Å². The lowest BCUT2D eigenvalue weighted by molar-refractivity contribution is -0.123. The van der Waals surface area contributed by atoms with Crippen molar-refractivity contribution in [1.29, 1.82) is 0 Å². The third kappa shape index (κ3) is 5.88. The molecular weight excluding hydrogens is 342 g/mol. The molecule has 1 saturated carbocycles. The summed E-state index contributed by atoms with van der Waals surface area (Å²) in [5.41, 5.74) is -0.533. The first-order chi connectivity index (χ1) is 11.7. The fourth-order valence-electron chi connectivity index (χ4n) is 2.97. The molecule has 1 fully saturated rings. The highest BCUT2D eigenvalue weighted by molar-refractivity contribution is 6.30. The van der Waals surface area contributed by atoms with Crippen LogP contribution in [-0.2, 0) is 9.53 Å². The van der Waals surface area contributed by atoms with Crippen LogP contribution in [0.4, 0.5) is 10.6 Å². The number of hydrogen-bond donors (Lipinski definition) is 1. The molecule has 1 aliphatic carbocycles. The summed E-state index contributed by atoms with van der Waals surface area (Å²) in [6, 6.07) is 3.38. The highest BCUT2D eigenvalue weighted by atomic mass is 35.5. The Balaban J connectivity index is 1.94. The van der Waals surface area contributed by atoms with Crippen molar-refractivity contribution in [1.82, 2.24) is 10.3 Å². The molecule has 6 nitrogen and oxygen atoms in total. The zero-order valence-electron chi connectivity index (χ0n) is 15.2. The molecule has 138 valence electrons. The van der Waals surface area contributed by atoms with Gasteiger partial charge in [0.15, 0.2) is 0 Å². The second-order valence-electron chi connectivity index (χ2n) is 7.44. The van der Waals surface area contributed by atoms with Crippen LogP contribution in [0.2, 0.25) is 5.02 Å². The Kier molecular flexibility index (Phi) is 6.27. The van der Waals surface area contributed by atoms with Gasteiger partial charge in [0.1, 0.15) is 11.4 Å². The molecular formula is C18H26ClN3O3. The molecule has 0 bridgehead atoms. The summed E-state index contributed by atoms with van der Waals surface area (Å²) in [6.07, 6.45) is 4.25. The monoisotopic (exact) mass is 367 g/mol. The number of carbonyl (C=O) groups is 2. The van der Waals surface area contributed by atoms with E-state index in [1.807, 2.05) is 20.8 Å². The third-order valence-electron chi connectivity index (χ3n) is 4.13. The molecule has 1 N–H and O–H groups in total. The van der Waals surface area contributed by atoms with Crippen molar-refractivity contribution in [3.63, 3.8) is 0 Å². The van der Waals surface area contributed by atoms with Gasteiger partial charge < -0.3 is 10.1 Å². The molecule has 1 aromatic heterocycles. The van der Waals surface area contributed by atoms with E-state index < -0.39 is 11.7 Å². The Morgan fingerprint density at radius 1 is 1.32 bits per heavy atom. The number of nitrogens with one attached hydrogen (secondary N) is 1. The smallest absolute Gasteiger partial charge is 0.407 e. The van der Waals surface area contributed by atoms with Gasteiger partial charge in [-0.3, -0.25) is 9.69 Å². The van der Waals surface area contributed by atoms with E-state index in [0.717, 1.165) is 19.3 Å². The van der Waals surface area contributed by atoms with Crippen LogP contribution in [0.1, 0.15) is 46.5 Å². The molecule has 2 atom stereocenters. The van der Waals surface area contributed by atoms with Crippen LogP contribution < -0.4 is 10.2 Å². The van der Waals surface area contributed by atoms with Gasteiger partial charge in [0.2, 0.25) is 5.91 Å². The molecule has 0 aromatic carbocycles. The number of amides is 2. The number of pyridine rings is 1. The first-order valence-electron chi connectivity index (χ1n) is 8.54. The molecule has 7 heteroatoms. The lowest BCUT2D eigenvalue weighted by atomic mass is 9.85. The van der Waals surface area contributed by atoms with E-state index in [2.05, 4.69) is 10.3 Å². The summed E-state index contributed by atoms with van der Waals surface area (Å²) >= 11 is 5.84. The van der Waals surface area contributed by atoms with Gasteiger partial charge in [0.05, 0.1) is 5.02 Å². The first-order valence-corrected chi connectivity index (χ1v) is 8.92. The van der Waals surface area contributed by atoms with Gasteiger partial charge in [-0.2, -0.15) is 0 Å². The molecule has 0 aliphatic heterocycles. The summed E-state index contributed by atoms with van der Waals surface area (Å²) in [5.74, 6) is 0.429. The number of rotatable bonds is 3. The number of anilines is 1. The number of nitrogens with zero attached hydrogens (tertiary/aromatic N) is 2. The Bertz CT molecular complexity index is 613. The summed E-state index contributed by atoms with van der Waals surface area (Å²) in [7, 11) is 1.71. The fourth-order valence-corrected chi connectivity index (χ4v) is 3.08. The molecule has 2 amide bonds. The summed E-state index contributed by atoms with van der Waals surface area (Å²) in [4.78, 5) is 30.4. The SMILES string of the molecule is CN(C(=O)[C@@H]1CCC[C@@H](NC(=O)OC(C)(C)C)C1)c1ccc(Cl)cn1. The maximum absolute atomic E-state index is 12.8. The van der Waals surface area contributed by atoms with Crippen molar-refractivity contribution in [3.8, 4) is 0 Å². The second-order valence-corrected chi connectivity index (χ2v) is 7.87. The highest BCUT2D eigenvalue weighted by Gasteiger charge is 2.31. The highest BCUT2D eigenvalue weighted by Crippen LogP contribution is 2.27.